The maximum atomic E-state index is 12.4. The molecule has 2 aromatic rings. The minimum atomic E-state index is -1.49. The van der Waals surface area contributed by atoms with E-state index in [4.69, 9.17) is 16.3 Å². The molecule has 1 saturated heterocycles. The average molecular weight is 478 g/mol. The highest BCUT2D eigenvalue weighted by Crippen LogP contribution is 2.34. The second-order valence-electron chi connectivity index (χ2n) is 8.27. The Hall–Kier alpha value is -2.46. The first kappa shape index (κ1) is 25.2. The van der Waals surface area contributed by atoms with E-state index < -0.39 is 37.1 Å². The van der Waals surface area contributed by atoms with Gasteiger partial charge in [0.2, 0.25) is 0 Å². The number of aromatic hydroxyl groups is 1. The molecule has 3 rings (SSSR count). The third kappa shape index (κ3) is 5.73. The van der Waals surface area contributed by atoms with Gasteiger partial charge < -0.3 is 35.2 Å². The predicted molar refractivity (Wildman–Crippen MR) is 122 cm³/mol. The number of phenolic OH excluding ortho intramolecular Hbond substituents is 1. The van der Waals surface area contributed by atoms with Gasteiger partial charge in [-0.1, -0.05) is 29.8 Å². The summed E-state index contributed by atoms with van der Waals surface area (Å²) in [6.07, 6.45) is -3.05. The fraction of sp³-hybridized carbons (Fsp3) is 0.375. The Morgan fingerprint density at radius 1 is 1.09 bits per heavy atom. The molecule has 0 aliphatic carbocycles. The van der Waals surface area contributed by atoms with Crippen LogP contribution in [0.1, 0.15) is 33.2 Å². The second kappa shape index (κ2) is 10.6. The quantitative estimate of drug-likeness (QED) is 0.299. The van der Waals surface area contributed by atoms with Crippen LogP contribution in [-0.4, -0.2) is 81.3 Å². The summed E-state index contributed by atoms with van der Waals surface area (Å²) < 4.78 is 5.63. The number of halogens is 1. The molecule has 0 radical (unpaired) electrons. The number of benzene rings is 2. The summed E-state index contributed by atoms with van der Waals surface area (Å²) in [6, 6.07) is 9.68. The molecule has 1 fully saturated rings. The zero-order chi connectivity index (χ0) is 24.3. The van der Waals surface area contributed by atoms with Crippen LogP contribution in [0, 0.1) is 0 Å². The number of aliphatic hydroxyl groups excluding tert-OH is 4. The summed E-state index contributed by atoms with van der Waals surface area (Å²) in [4.78, 5) is 14.2. The van der Waals surface area contributed by atoms with Gasteiger partial charge in [0.1, 0.15) is 36.3 Å². The van der Waals surface area contributed by atoms with Crippen molar-refractivity contribution in [1.29, 1.82) is 0 Å². The van der Waals surface area contributed by atoms with Crippen molar-refractivity contribution >= 4 is 17.4 Å². The van der Waals surface area contributed by atoms with E-state index in [2.05, 4.69) is 0 Å². The molecule has 178 valence electrons. The summed E-state index contributed by atoms with van der Waals surface area (Å²) >= 11 is 6.38. The number of rotatable bonds is 7. The van der Waals surface area contributed by atoms with Crippen LogP contribution in [0.25, 0.3) is 0 Å². The van der Waals surface area contributed by atoms with Crippen molar-refractivity contribution in [3.05, 3.63) is 76.0 Å². The van der Waals surface area contributed by atoms with Gasteiger partial charge >= 0.3 is 0 Å². The minimum Gasteiger partial charge on any atom is -0.507 e. The van der Waals surface area contributed by atoms with Crippen LogP contribution in [0.3, 0.4) is 0 Å². The molecule has 0 amide bonds. The first-order valence-corrected chi connectivity index (χ1v) is 10.8. The summed E-state index contributed by atoms with van der Waals surface area (Å²) in [7, 11) is 3.56. The number of nitrogens with zero attached hydrogens (tertiary/aromatic N) is 1. The SMILES string of the molecule is CN(C)C=CC(=O)c1cc(Cc2cc([C@@H]3O[C@H](CO)[C@@H](O)[C@H](O)[C@H]3O)ccc2Cl)ccc1O. The fourth-order valence-electron chi connectivity index (χ4n) is 3.70. The Balaban J connectivity index is 1.88. The van der Waals surface area contributed by atoms with Gasteiger partial charge in [-0.2, -0.15) is 0 Å². The monoisotopic (exact) mass is 477 g/mol. The first-order valence-electron chi connectivity index (χ1n) is 10.4. The summed E-state index contributed by atoms with van der Waals surface area (Å²) in [5, 5.41) is 50.5. The Labute approximate surface area is 196 Å². The maximum absolute atomic E-state index is 12.4. The normalized spacial score (nSPS) is 25.4. The smallest absolute Gasteiger partial charge is 0.191 e. The van der Waals surface area contributed by atoms with Crippen molar-refractivity contribution in [2.24, 2.45) is 0 Å². The van der Waals surface area contributed by atoms with Crippen LogP contribution in [0.15, 0.2) is 48.7 Å². The van der Waals surface area contributed by atoms with Crippen molar-refractivity contribution in [1.82, 2.24) is 4.90 Å². The van der Waals surface area contributed by atoms with Gasteiger partial charge in [0, 0.05) is 31.4 Å². The van der Waals surface area contributed by atoms with Gasteiger partial charge in [-0.25, -0.2) is 0 Å². The highest BCUT2D eigenvalue weighted by Gasteiger charge is 2.44. The van der Waals surface area contributed by atoms with E-state index in [0.29, 0.717) is 22.6 Å². The van der Waals surface area contributed by atoms with Gasteiger partial charge in [-0.15, -0.1) is 0 Å². The molecule has 1 aliphatic heterocycles. The molecule has 0 unspecified atom stereocenters. The standard InChI is InChI=1S/C24H28ClNO7/c1-26(2)8-7-19(29)16-10-13(3-6-18(16)28)9-15-11-14(4-5-17(15)25)24-23(32)22(31)21(30)20(12-27)33-24/h3-8,10-11,20-24,27-28,30-32H,9,12H2,1-2H3/t20-,21-,22+,23-,24+/m1/s1. The lowest BCUT2D eigenvalue weighted by Gasteiger charge is -2.40. The van der Waals surface area contributed by atoms with Crippen molar-refractivity contribution in [3.63, 3.8) is 0 Å². The predicted octanol–water partition coefficient (Wildman–Crippen LogP) is 1.41. The maximum Gasteiger partial charge on any atom is 0.191 e. The molecule has 2 aromatic carbocycles. The first-order chi connectivity index (χ1) is 15.6. The second-order valence-corrected chi connectivity index (χ2v) is 8.68. The topological polar surface area (TPSA) is 131 Å². The van der Waals surface area contributed by atoms with Gasteiger partial charge in [0.25, 0.3) is 0 Å². The van der Waals surface area contributed by atoms with Crippen LogP contribution in [0.2, 0.25) is 5.02 Å². The molecule has 0 spiro atoms. The fourth-order valence-corrected chi connectivity index (χ4v) is 3.89. The number of ether oxygens (including phenoxy) is 1. The van der Waals surface area contributed by atoms with E-state index in [-0.39, 0.29) is 17.1 Å². The van der Waals surface area contributed by atoms with Crippen molar-refractivity contribution in [3.8, 4) is 5.75 Å². The Morgan fingerprint density at radius 2 is 1.82 bits per heavy atom. The molecule has 5 N–H and O–H groups in total. The molecule has 33 heavy (non-hydrogen) atoms. The van der Waals surface area contributed by atoms with Crippen molar-refractivity contribution in [2.45, 2.75) is 36.9 Å². The third-order valence-electron chi connectivity index (χ3n) is 5.54. The zero-order valence-corrected chi connectivity index (χ0v) is 19.1. The third-order valence-corrected chi connectivity index (χ3v) is 5.90. The number of aliphatic hydroxyl groups is 4. The van der Waals surface area contributed by atoms with Crippen LogP contribution >= 0.6 is 11.6 Å². The molecule has 0 saturated carbocycles. The lowest BCUT2D eigenvalue weighted by Crippen LogP contribution is -2.55. The molecular formula is C24H28ClNO7. The van der Waals surface area contributed by atoms with Crippen molar-refractivity contribution in [2.75, 3.05) is 20.7 Å². The van der Waals surface area contributed by atoms with E-state index >= 15 is 0 Å². The Kier molecular flexibility index (Phi) is 8.12. The van der Waals surface area contributed by atoms with Gasteiger partial charge in [0.05, 0.1) is 12.2 Å². The van der Waals surface area contributed by atoms with Gasteiger partial charge in [-0.05, 0) is 41.3 Å². The molecule has 8 nitrogen and oxygen atoms in total. The lowest BCUT2D eigenvalue weighted by atomic mass is 9.90. The molecule has 0 aromatic heterocycles. The van der Waals surface area contributed by atoms with Crippen LogP contribution in [0.4, 0.5) is 0 Å². The molecular weight excluding hydrogens is 450 g/mol. The van der Waals surface area contributed by atoms with E-state index in [9.17, 15) is 30.3 Å². The molecule has 5 atom stereocenters. The van der Waals surface area contributed by atoms with E-state index in [1.165, 1.54) is 12.1 Å². The van der Waals surface area contributed by atoms with Crippen LogP contribution < -0.4 is 0 Å². The largest absolute Gasteiger partial charge is 0.507 e. The number of carbonyl (C=O) groups excluding carboxylic acids is 1. The minimum absolute atomic E-state index is 0.131. The number of allylic oxidation sites excluding steroid dienone is 1. The van der Waals surface area contributed by atoms with E-state index in [0.717, 1.165) is 5.56 Å². The number of carbonyl (C=O) groups is 1. The number of ketones is 1. The van der Waals surface area contributed by atoms with Crippen molar-refractivity contribution < 1.29 is 35.1 Å². The van der Waals surface area contributed by atoms with E-state index in [1.807, 2.05) is 0 Å². The molecule has 0 bridgehead atoms. The van der Waals surface area contributed by atoms with E-state index in [1.54, 1.807) is 55.5 Å². The average Bonchev–Trinajstić information content (AvgIpc) is 2.79. The summed E-state index contributed by atoms with van der Waals surface area (Å²) in [5.41, 5.74) is 2.06. The number of hydrogen-bond donors (Lipinski definition) is 5. The number of hydrogen-bond acceptors (Lipinski definition) is 8. The molecule has 1 aliphatic rings. The molecule has 9 heteroatoms. The molecule has 1 heterocycles. The summed E-state index contributed by atoms with van der Waals surface area (Å²) in [6.45, 7) is -0.519. The Morgan fingerprint density at radius 3 is 2.48 bits per heavy atom. The highest BCUT2D eigenvalue weighted by atomic mass is 35.5. The summed E-state index contributed by atoms with van der Waals surface area (Å²) in [5.74, 6) is -0.475. The van der Waals surface area contributed by atoms with Gasteiger partial charge in [-0.3, -0.25) is 4.79 Å². The Bertz CT molecular complexity index is 1020. The zero-order valence-electron chi connectivity index (χ0n) is 18.3. The highest BCUT2D eigenvalue weighted by molar-refractivity contribution is 6.31. The van der Waals surface area contributed by atoms with Gasteiger partial charge in [0.15, 0.2) is 5.78 Å². The number of phenols is 1. The lowest BCUT2D eigenvalue weighted by molar-refractivity contribution is -0.231. The van der Waals surface area contributed by atoms with Crippen LogP contribution in [0.5, 0.6) is 5.75 Å². The van der Waals surface area contributed by atoms with Crippen LogP contribution in [-0.2, 0) is 11.2 Å².